The first-order chi connectivity index (χ1) is 13.2. The standard InChI is InChI=1S/C23H21NO3/c1-2-16-27-23(26)20-12-14-21(15-13-20)24-22(25)19-10-8-18(9-11-19)17-6-4-3-5-7-17/h3-15H,2,16H2,1H3,(H,24,25). The van der Waals surface area contributed by atoms with E-state index >= 15 is 0 Å². The first kappa shape index (κ1) is 18.4. The van der Waals surface area contributed by atoms with Gasteiger partial charge in [0.1, 0.15) is 0 Å². The van der Waals surface area contributed by atoms with Crippen molar-refractivity contribution in [3.05, 3.63) is 90.0 Å². The molecule has 0 aliphatic rings. The number of ether oxygens (including phenoxy) is 1. The van der Waals surface area contributed by atoms with Crippen LogP contribution in [0, 0.1) is 0 Å². The van der Waals surface area contributed by atoms with Gasteiger partial charge in [-0.3, -0.25) is 4.79 Å². The summed E-state index contributed by atoms with van der Waals surface area (Å²) in [7, 11) is 0. The Kier molecular flexibility index (Phi) is 6.00. The van der Waals surface area contributed by atoms with E-state index < -0.39 is 0 Å². The van der Waals surface area contributed by atoms with E-state index in [4.69, 9.17) is 4.74 Å². The van der Waals surface area contributed by atoms with E-state index in [1.54, 1.807) is 36.4 Å². The molecule has 0 spiro atoms. The molecule has 0 unspecified atom stereocenters. The normalized spacial score (nSPS) is 10.3. The molecule has 1 N–H and O–H groups in total. The lowest BCUT2D eigenvalue weighted by molar-refractivity contribution is 0.0505. The Morgan fingerprint density at radius 2 is 1.37 bits per heavy atom. The highest BCUT2D eigenvalue weighted by molar-refractivity contribution is 6.04. The van der Waals surface area contributed by atoms with E-state index in [0.717, 1.165) is 17.5 Å². The van der Waals surface area contributed by atoms with Gasteiger partial charge in [-0.15, -0.1) is 0 Å². The van der Waals surface area contributed by atoms with Crippen LogP contribution >= 0.6 is 0 Å². The van der Waals surface area contributed by atoms with Crippen molar-refractivity contribution in [2.24, 2.45) is 0 Å². The van der Waals surface area contributed by atoms with Gasteiger partial charge in [0.2, 0.25) is 0 Å². The van der Waals surface area contributed by atoms with Gasteiger partial charge in [-0.2, -0.15) is 0 Å². The van der Waals surface area contributed by atoms with E-state index in [-0.39, 0.29) is 11.9 Å². The topological polar surface area (TPSA) is 55.4 Å². The summed E-state index contributed by atoms with van der Waals surface area (Å²) < 4.78 is 5.09. The molecule has 0 fully saturated rings. The number of carbonyl (C=O) groups excluding carboxylic acids is 2. The van der Waals surface area contributed by atoms with Crippen LogP contribution < -0.4 is 5.32 Å². The van der Waals surface area contributed by atoms with Gasteiger partial charge in [0.05, 0.1) is 12.2 Å². The molecule has 3 aromatic carbocycles. The smallest absolute Gasteiger partial charge is 0.338 e. The second-order valence-corrected chi connectivity index (χ2v) is 6.11. The second-order valence-electron chi connectivity index (χ2n) is 6.11. The number of carbonyl (C=O) groups is 2. The highest BCUT2D eigenvalue weighted by Gasteiger charge is 2.09. The number of rotatable bonds is 6. The molecule has 136 valence electrons. The first-order valence-corrected chi connectivity index (χ1v) is 8.91. The summed E-state index contributed by atoms with van der Waals surface area (Å²) in [5.41, 5.74) is 3.83. The molecule has 0 aliphatic heterocycles. The third kappa shape index (κ3) is 4.82. The molecule has 0 saturated carbocycles. The molecular formula is C23H21NO3. The molecule has 0 aliphatic carbocycles. The van der Waals surface area contributed by atoms with Gasteiger partial charge in [-0.05, 0) is 53.9 Å². The Morgan fingerprint density at radius 1 is 0.778 bits per heavy atom. The minimum Gasteiger partial charge on any atom is -0.462 e. The van der Waals surface area contributed by atoms with Gasteiger partial charge in [-0.1, -0.05) is 49.4 Å². The van der Waals surface area contributed by atoms with Crippen LogP contribution in [0.25, 0.3) is 11.1 Å². The van der Waals surface area contributed by atoms with Crippen molar-refractivity contribution < 1.29 is 14.3 Å². The number of benzene rings is 3. The van der Waals surface area contributed by atoms with Crippen LogP contribution in [0.2, 0.25) is 0 Å². The molecule has 27 heavy (non-hydrogen) atoms. The molecule has 0 radical (unpaired) electrons. The van der Waals surface area contributed by atoms with Gasteiger partial charge < -0.3 is 10.1 Å². The van der Waals surface area contributed by atoms with E-state index in [2.05, 4.69) is 5.32 Å². The van der Waals surface area contributed by atoms with Crippen molar-refractivity contribution in [1.82, 2.24) is 0 Å². The molecule has 3 aromatic rings. The maximum Gasteiger partial charge on any atom is 0.338 e. The molecule has 0 atom stereocenters. The minimum absolute atomic E-state index is 0.198. The van der Waals surface area contributed by atoms with E-state index in [0.29, 0.717) is 23.4 Å². The zero-order valence-electron chi connectivity index (χ0n) is 15.1. The van der Waals surface area contributed by atoms with Crippen LogP contribution in [0.4, 0.5) is 5.69 Å². The number of anilines is 1. The van der Waals surface area contributed by atoms with Crippen molar-refractivity contribution in [3.8, 4) is 11.1 Å². The summed E-state index contributed by atoms with van der Waals surface area (Å²) in [5.74, 6) is -0.554. The number of nitrogens with one attached hydrogen (secondary N) is 1. The maximum atomic E-state index is 12.4. The molecule has 4 heteroatoms. The summed E-state index contributed by atoms with van der Waals surface area (Å²) in [4.78, 5) is 24.2. The Bertz CT molecular complexity index is 901. The Balaban J connectivity index is 1.64. The summed E-state index contributed by atoms with van der Waals surface area (Å²) >= 11 is 0. The highest BCUT2D eigenvalue weighted by atomic mass is 16.5. The second kappa shape index (κ2) is 8.81. The molecule has 3 rings (SSSR count). The van der Waals surface area contributed by atoms with E-state index in [1.165, 1.54) is 0 Å². The molecule has 0 saturated heterocycles. The highest BCUT2D eigenvalue weighted by Crippen LogP contribution is 2.20. The van der Waals surface area contributed by atoms with Crippen LogP contribution in [-0.4, -0.2) is 18.5 Å². The summed E-state index contributed by atoms with van der Waals surface area (Å²) in [5, 5.41) is 2.84. The molecule has 4 nitrogen and oxygen atoms in total. The minimum atomic E-state index is -0.355. The lowest BCUT2D eigenvalue weighted by Gasteiger charge is -2.08. The van der Waals surface area contributed by atoms with Crippen molar-refractivity contribution in [1.29, 1.82) is 0 Å². The number of esters is 1. The predicted octanol–water partition coefficient (Wildman–Crippen LogP) is 5.17. The van der Waals surface area contributed by atoms with Gasteiger partial charge in [0, 0.05) is 11.3 Å². The van der Waals surface area contributed by atoms with Crippen LogP contribution in [0.5, 0.6) is 0 Å². The van der Waals surface area contributed by atoms with Crippen molar-refractivity contribution in [3.63, 3.8) is 0 Å². The van der Waals surface area contributed by atoms with E-state index in [9.17, 15) is 9.59 Å². The monoisotopic (exact) mass is 359 g/mol. The first-order valence-electron chi connectivity index (χ1n) is 8.91. The number of hydrogen-bond acceptors (Lipinski definition) is 3. The fourth-order valence-electron chi connectivity index (χ4n) is 2.62. The maximum absolute atomic E-state index is 12.4. The van der Waals surface area contributed by atoms with Crippen molar-refractivity contribution in [2.45, 2.75) is 13.3 Å². The fraction of sp³-hybridized carbons (Fsp3) is 0.130. The molecular weight excluding hydrogens is 338 g/mol. The quantitative estimate of drug-likeness (QED) is 0.618. The van der Waals surface area contributed by atoms with Crippen molar-refractivity contribution >= 4 is 17.6 Å². The Hall–Kier alpha value is -3.40. The molecule has 0 aromatic heterocycles. The zero-order valence-corrected chi connectivity index (χ0v) is 15.1. The lowest BCUT2D eigenvalue weighted by Crippen LogP contribution is -2.12. The Morgan fingerprint density at radius 3 is 2.00 bits per heavy atom. The van der Waals surface area contributed by atoms with Gasteiger partial charge >= 0.3 is 5.97 Å². The van der Waals surface area contributed by atoms with Crippen molar-refractivity contribution in [2.75, 3.05) is 11.9 Å². The SMILES string of the molecule is CCCOC(=O)c1ccc(NC(=O)c2ccc(-c3ccccc3)cc2)cc1. The van der Waals surface area contributed by atoms with Crippen LogP contribution in [0.3, 0.4) is 0 Å². The van der Waals surface area contributed by atoms with Gasteiger partial charge in [0.25, 0.3) is 5.91 Å². The molecule has 0 bridgehead atoms. The Labute approximate surface area is 158 Å². The number of hydrogen-bond donors (Lipinski definition) is 1. The van der Waals surface area contributed by atoms with Gasteiger partial charge in [0.15, 0.2) is 0 Å². The average molecular weight is 359 g/mol. The fourth-order valence-corrected chi connectivity index (χ4v) is 2.62. The predicted molar refractivity (Wildman–Crippen MR) is 107 cm³/mol. The average Bonchev–Trinajstić information content (AvgIpc) is 2.73. The summed E-state index contributed by atoms with van der Waals surface area (Å²) in [6.07, 6.45) is 0.781. The third-order valence-electron chi connectivity index (χ3n) is 4.07. The van der Waals surface area contributed by atoms with Crippen LogP contribution in [0.1, 0.15) is 34.1 Å². The van der Waals surface area contributed by atoms with Crippen LogP contribution in [0.15, 0.2) is 78.9 Å². The van der Waals surface area contributed by atoms with Crippen LogP contribution in [-0.2, 0) is 4.74 Å². The van der Waals surface area contributed by atoms with Gasteiger partial charge in [-0.25, -0.2) is 4.79 Å². The number of amides is 1. The summed E-state index contributed by atoms with van der Waals surface area (Å²) in [6, 6.07) is 24.1. The van der Waals surface area contributed by atoms with E-state index in [1.807, 2.05) is 49.4 Å². The third-order valence-corrected chi connectivity index (χ3v) is 4.07. The molecule has 1 amide bonds. The molecule has 0 heterocycles. The lowest BCUT2D eigenvalue weighted by atomic mass is 10.0. The zero-order chi connectivity index (χ0) is 19.1. The largest absolute Gasteiger partial charge is 0.462 e. The summed E-state index contributed by atoms with van der Waals surface area (Å²) in [6.45, 7) is 2.34.